The van der Waals surface area contributed by atoms with Crippen molar-refractivity contribution in [1.29, 1.82) is 0 Å². The molecule has 1 aliphatic heterocycles. The van der Waals surface area contributed by atoms with E-state index in [1.807, 2.05) is 6.92 Å². The highest BCUT2D eigenvalue weighted by atomic mass is 16.5. The van der Waals surface area contributed by atoms with Crippen LogP contribution in [0.25, 0.3) is 0 Å². The van der Waals surface area contributed by atoms with Crippen LogP contribution in [0.15, 0.2) is 0 Å². The monoisotopic (exact) mass is 187 g/mol. The number of rotatable bonds is 4. The van der Waals surface area contributed by atoms with Crippen molar-refractivity contribution in [3.05, 3.63) is 0 Å². The number of hydrogen-bond donors (Lipinski definition) is 1. The van der Waals surface area contributed by atoms with E-state index in [0.717, 1.165) is 6.54 Å². The van der Waals surface area contributed by atoms with Crippen molar-refractivity contribution in [3.8, 4) is 0 Å². The third kappa shape index (κ3) is 2.67. The molecule has 1 aliphatic rings. The minimum atomic E-state index is -0.319. The minimum Gasteiger partial charge on any atom is -0.396 e. The standard InChI is InChI=1S/C9H17NO3/c1-2-10-5-7-13-8(9(10)12)4-3-6-11/h8,11H,2-7H2,1H3. The Morgan fingerprint density at radius 1 is 1.69 bits per heavy atom. The second-order valence-electron chi connectivity index (χ2n) is 3.14. The smallest absolute Gasteiger partial charge is 0.251 e. The molecule has 13 heavy (non-hydrogen) atoms. The van der Waals surface area contributed by atoms with E-state index < -0.39 is 0 Å². The molecule has 1 amide bonds. The first-order valence-electron chi connectivity index (χ1n) is 4.80. The number of likely N-dealkylation sites (N-methyl/N-ethyl adjacent to an activating group) is 1. The fraction of sp³-hybridized carbons (Fsp3) is 0.889. The molecular formula is C9H17NO3. The van der Waals surface area contributed by atoms with Gasteiger partial charge < -0.3 is 14.7 Å². The van der Waals surface area contributed by atoms with Crippen LogP contribution in [0.2, 0.25) is 0 Å². The first-order chi connectivity index (χ1) is 6.29. The van der Waals surface area contributed by atoms with E-state index in [2.05, 4.69) is 0 Å². The van der Waals surface area contributed by atoms with Gasteiger partial charge in [-0.1, -0.05) is 0 Å². The van der Waals surface area contributed by atoms with Crippen LogP contribution >= 0.6 is 0 Å². The number of ether oxygens (including phenoxy) is 1. The van der Waals surface area contributed by atoms with Crippen LogP contribution in [0.1, 0.15) is 19.8 Å². The van der Waals surface area contributed by atoms with E-state index in [0.29, 0.717) is 26.0 Å². The van der Waals surface area contributed by atoms with Gasteiger partial charge in [-0.25, -0.2) is 0 Å². The van der Waals surface area contributed by atoms with Crippen LogP contribution in [0.5, 0.6) is 0 Å². The summed E-state index contributed by atoms with van der Waals surface area (Å²) in [7, 11) is 0. The van der Waals surface area contributed by atoms with E-state index in [9.17, 15) is 4.79 Å². The molecule has 1 heterocycles. The molecule has 76 valence electrons. The van der Waals surface area contributed by atoms with E-state index in [1.165, 1.54) is 0 Å². The number of aliphatic hydroxyl groups is 1. The Balaban J connectivity index is 2.40. The highest BCUT2D eigenvalue weighted by molar-refractivity contribution is 5.81. The third-order valence-corrected chi connectivity index (χ3v) is 2.27. The van der Waals surface area contributed by atoms with Crippen molar-refractivity contribution < 1.29 is 14.6 Å². The van der Waals surface area contributed by atoms with Crippen molar-refractivity contribution in [2.45, 2.75) is 25.9 Å². The second kappa shape index (κ2) is 5.19. The normalized spacial score (nSPS) is 23.7. The van der Waals surface area contributed by atoms with E-state index in [-0.39, 0.29) is 18.6 Å². The molecule has 0 aliphatic carbocycles. The van der Waals surface area contributed by atoms with Gasteiger partial charge in [0.15, 0.2) is 0 Å². The SMILES string of the molecule is CCN1CCOC(CCCO)C1=O. The number of amides is 1. The number of aliphatic hydroxyl groups excluding tert-OH is 1. The van der Waals surface area contributed by atoms with Gasteiger partial charge in [0.1, 0.15) is 6.10 Å². The molecule has 0 bridgehead atoms. The first-order valence-corrected chi connectivity index (χ1v) is 4.80. The molecule has 1 rings (SSSR count). The third-order valence-electron chi connectivity index (χ3n) is 2.27. The summed E-state index contributed by atoms with van der Waals surface area (Å²) >= 11 is 0. The molecule has 1 unspecified atom stereocenters. The van der Waals surface area contributed by atoms with Gasteiger partial charge in [-0.2, -0.15) is 0 Å². The number of morpholine rings is 1. The zero-order valence-electron chi connectivity index (χ0n) is 8.03. The fourth-order valence-corrected chi connectivity index (χ4v) is 1.49. The van der Waals surface area contributed by atoms with Crippen LogP contribution < -0.4 is 0 Å². The van der Waals surface area contributed by atoms with Gasteiger partial charge in [-0.05, 0) is 19.8 Å². The van der Waals surface area contributed by atoms with Crippen molar-refractivity contribution in [3.63, 3.8) is 0 Å². The van der Waals surface area contributed by atoms with Crippen LogP contribution in [0.4, 0.5) is 0 Å². The quantitative estimate of drug-likeness (QED) is 0.674. The zero-order valence-corrected chi connectivity index (χ0v) is 8.03. The maximum atomic E-state index is 11.6. The Morgan fingerprint density at radius 3 is 3.08 bits per heavy atom. The lowest BCUT2D eigenvalue weighted by atomic mass is 10.1. The second-order valence-corrected chi connectivity index (χ2v) is 3.14. The van der Waals surface area contributed by atoms with Gasteiger partial charge >= 0.3 is 0 Å². The maximum Gasteiger partial charge on any atom is 0.251 e. The molecule has 0 spiro atoms. The molecule has 0 radical (unpaired) electrons. The number of hydrogen-bond acceptors (Lipinski definition) is 3. The molecule has 1 fully saturated rings. The molecule has 4 heteroatoms. The highest BCUT2D eigenvalue weighted by Crippen LogP contribution is 2.11. The van der Waals surface area contributed by atoms with Gasteiger partial charge in [0.05, 0.1) is 6.61 Å². The van der Waals surface area contributed by atoms with Crippen LogP contribution in [0, 0.1) is 0 Å². The summed E-state index contributed by atoms with van der Waals surface area (Å²) in [5.41, 5.74) is 0. The molecule has 4 nitrogen and oxygen atoms in total. The van der Waals surface area contributed by atoms with E-state index in [1.54, 1.807) is 4.90 Å². The van der Waals surface area contributed by atoms with Gasteiger partial charge in [0, 0.05) is 19.7 Å². The molecule has 0 aromatic heterocycles. The predicted octanol–water partition coefficient (Wildman–Crippen LogP) is 0.00620. The summed E-state index contributed by atoms with van der Waals surface area (Å²) in [5.74, 6) is 0.0715. The number of carbonyl (C=O) groups excluding carboxylic acids is 1. The predicted molar refractivity (Wildman–Crippen MR) is 48.3 cm³/mol. The van der Waals surface area contributed by atoms with Crippen molar-refractivity contribution in [1.82, 2.24) is 4.90 Å². The summed E-state index contributed by atoms with van der Waals surface area (Å²) in [4.78, 5) is 13.4. The van der Waals surface area contributed by atoms with Gasteiger partial charge in [-0.3, -0.25) is 4.79 Å². The largest absolute Gasteiger partial charge is 0.396 e. The fourth-order valence-electron chi connectivity index (χ4n) is 1.49. The number of carbonyl (C=O) groups is 1. The Hall–Kier alpha value is -0.610. The molecule has 0 aromatic carbocycles. The molecule has 1 N–H and O–H groups in total. The average Bonchev–Trinajstić information content (AvgIpc) is 2.16. The van der Waals surface area contributed by atoms with E-state index >= 15 is 0 Å². The summed E-state index contributed by atoms with van der Waals surface area (Å²) < 4.78 is 5.32. The maximum absolute atomic E-state index is 11.6. The summed E-state index contributed by atoms with van der Waals surface area (Å²) in [6.07, 6.45) is 0.945. The van der Waals surface area contributed by atoms with Gasteiger partial charge in [0.25, 0.3) is 5.91 Å². The topological polar surface area (TPSA) is 49.8 Å². The Labute approximate surface area is 78.5 Å². The Morgan fingerprint density at radius 2 is 2.46 bits per heavy atom. The van der Waals surface area contributed by atoms with Crippen LogP contribution in [0.3, 0.4) is 0 Å². The molecular weight excluding hydrogens is 170 g/mol. The first kappa shape index (κ1) is 10.5. The number of nitrogens with zero attached hydrogens (tertiary/aromatic N) is 1. The lowest BCUT2D eigenvalue weighted by Crippen LogP contribution is -2.47. The average molecular weight is 187 g/mol. The van der Waals surface area contributed by atoms with Gasteiger partial charge in [0.2, 0.25) is 0 Å². The molecule has 1 saturated heterocycles. The summed E-state index contributed by atoms with van der Waals surface area (Å²) in [6.45, 7) is 4.16. The van der Waals surface area contributed by atoms with Crippen molar-refractivity contribution in [2.24, 2.45) is 0 Å². The zero-order chi connectivity index (χ0) is 9.68. The van der Waals surface area contributed by atoms with Crippen LogP contribution in [-0.4, -0.2) is 48.3 Å². The van der Waals surface area contributed by atoms with Gasteiger partial charge in [-0.15, -0.1) is 0 Å². The van der Waals surface area contributed by atoms with E-state index in [4.69, 9.17) is 9.84 Å². The Bertz CT molecular complexity index is 172. The van der Waals surface area contributed by atoms with Crippen molar-refractivity contribution in [2.75, 3.05) is 26.3 Å². The Kier molecular flexibility index (Phi) is 4.18. The lowest BCUT2D eigenvalue weighted by molar-refractivity contribution is -0.153. The summed E-state index contributed by atoms with van der Waals surface area (Å²) in [5, 5.41) is 8.63. The highest BCUT2D eigenvalue weighted by Gasteiger charge is 2.27. The summed E-state index contributed by atoms with van der Waals surface area (Å²) in [6, 6.07) is 0. The molecule has 0 aromatic rings. The van der Waals surface area contributed by atoms with Crippen LogP contribution in [-0.2, 0) is 9.53 Å². The lowest BCUT2D eigenvalue weighted by Gasteiger charge is -2.31. The molecule has 1 atom stereocenters. The van der Waals surface area contributed by atoms with Crippen molar-refractivity contribution >= 4 is 5.91 Å². The molecule has 0 saturated carbocycles. The minimum absolute atomic E-state index is 0.0715.